The lowest BCUT2D eigenvalue weighted by Crippen LogP contribution is -2.25. The first-order valence-electron chi connectivity index (χ1n) is 9.66. The highest BCUT2D eigenvalue weighted by Gasteiger charge is 2.32. The van der Waals surface area contributed by atoms with Crippen LogP contribution in [0.2, 0.25) is 5.02 Å². The van der Waals surface area contributed by atoms with Gasteiger partial charge in [-0.25, -0.2) is 22.8 Å². The van der Waals surface area contributed by atoms with Crippen LogP contribution < -0.4 is 10.9 Å². The zero-order chi connectivity index (χ0) is 22.2. The number of benzene rings is 1. The number of sulfone groups is 1. The van der Waals surface area contributed by atoms with E-state index in [0.717, 1.165) is 19.2 Å². The molecule has 2 N–H and O–H groups in total. The molecular weight excluding hydrogens is 443 g/mol. The molecule has 1 saturated heterocycles. The summed E-state index contributed by atoms with van der Waals surface area (Å²) in [6.45, 7) is 1.43. The number of aromatic nitrogens is 3. The summed E-state index contributed by atoms with van der Waals surface area (Å²) in [5, 5.41) is 2.97. The summed E-state index contributed by atoms with van der Waals surface area (Å²) in [6, 6.07) is 7.77. The van der Waals surface area contributed by atoms with E-state index in [9.17, 15) is 17.6 Å². The van der Waals surface area contributed by atoms with E-state index in [1.54, 1.807) is 18.2 Å². The maximum absolute atomic E-state index is 14.3. The van der Waals surface area contributed by atoms with Crippen molar-refractivity contribution >= 4 is 21.4 Å². The number of nitrogens with one attached hydrogen (secondary N) is 2. The van der Waals surface area contributed by atoms with Crippen LogP contribution >= 0.6 is 11.6 Å². The third kappa shape index (κ3) is 4.39. The van der Waals surface area contributed by atoms with Crippen molar-refractivity contribution in [3.05, 3.63) is 75.0 Å². The van der Waals surface area contributed by atoms with E-state index >= 15 is 0 Å². The Balaban J connectivity index is 1.95. The second-order valence-electron chi connectivity index (χ2n) is 7.53. The lowest BCUT2D eigenvalue weighted by Gasteiger charge is -2.25. The van der Waals surface area contributed by atoms with Crippen LogP contribution in [-0.2, 0) is 9.84 Å². The van der Waals surface area contributed by atoms with Gasteiger partial charge < -0.3 is 10.3 Å². The highest BCUT2D eigenvalue weighted by atomic mass is 35.5. The Labute approximate surface area is 183 Å². The van der Waals surface area contributed by atoms with Gasteiger partial charge in [0.2, 0.25) is 15.0 Å². The molecule has 1 fully saturated rings. The normalized spacial score (nSPS) is 17.6. The van der Waals surface area contributed by atoms with Gasteiger partial charge >= 0.3 is 0 Å². The summed E-state index contributed by atoms with van der Waals surface area (Å²) < 4.78 is 38.2. The predicted octanol–water partition coefficient (Wildman–Crippen LogP) is 2.77. The minimum absolute atomic E-state index is 0.00263. The van der Waals surface area contributed by atoms with E-state index in [1.165, 1.54) is 24.5 Å². The van der Waals surface area contributed by atoms with Crippen LogP contribution in [0.3, 0.4) is 0 Å². The fourth-order valence-electron chi connectivity index (χ4n) is 4.03. The molecule has 4 rings (SSSR count). The van der Waals surface area contributed by atoms with E-state index in [4.69, 9.17) is 11.6 Å². The first-order chi connectivity index (χ1) is 14.8. The average molecular weight is 463 g/mol. The number of H-pyrrole nitrogens is 1. The molecule has 7 nitrogen and oxygen atoms in total. The summed E-state index contributed by atoms with van der Waals surface area (Å²) in [4.78, 5) is 23.8. The maximum Gasteiger partial charge on any atom is 0.252 e. The van der Waals surface area contributed by atoms with E-state index in [1.807, 2.05) is 0 Å². The van der Waals surface area contributed by atoms with Crippen molar-refractivity contribution < 1.29 is 12.8 Å². The van der Waals surface area contributed by atoms with Crippen LogP contribution in [0.1, 0.15) is 23.5 Å². The van der Waals surface area contributed by atoms with Crippen molar-refractivity contribution in [3.63, 3.8) is 0 Å². The molecule has 0 radical (unpaired) electrons. The van der Waals surface area contributed by atoms with Crippen molar-refractivity contribution in [1.29, 1.82) is 0 Å². The number of hydrogen-bond acceptors (Lipinski definition) is 6. The van der Waals surface area contributed by atoms with Gasteiger partial charge in [0.15, 0.2) is 0 Å². The zero-order valence-corrected chi connectivity index (χ0v) is 18.2. The van der Waals surface area contributed by atoms with Crippen LogP contribution in [-0.4, -0.2) is 42.7 Å². The largest absolute Gasteiger partial charge is 0.329 e. The highest BCUT2D eigenvalue weighted by Crippen LogP contribution is 2.38. The number of aromatic amines is 1. The Hall–Kier alpha value is -2.62. The van der Waals surface area contributed by atoms with Crippen molar-refractivity contribution in [2.75, 3.05) is 19.3 Å². The summed E-state index contributed by atoms with van der Waals surface area (Å²) in [5.74, 6) is -0.983. The molecule has 3 aromatic rings. The quantitative estimate of drug-likeness (QED) is 0.565. The fourth-order valence-corrected chi connectivity index (χ4v) is 4.67. The lowest BCUT2D eigenvalue weighted by molar-refractivity contribution is 0.506. The Bertz CT molecular complexity index is 1290. The molecule has 1 aliphatic rings. The number of nitrogens with zero attached hydrogens (tertiary/aromatic N) is 2. The molecule has 10 heteroatoms. The van der Waals surface area contributed by atoms with Crippen LogP contribution in [0.25, 0.3) is 11.3 Å². The average Bonchev–Trinajstić information content (AvgIpc) is 3.26. The van der Waals surface area contributed by atoms with Gasteiger partial charge in [0, 0.05) is 35.7 Å². The molecule has 0 saturated carbocycles. The molecule has 162 valence electrons. The smallest absolute Gasteiger partial charge is 0.252 e. The topological polar surface area (TPSA) is 105 Å². The summed E-state index contributed by atoms with van der Waals surface area (Å²) in [6.07, 6.45) is 4.64. The van der Waals surface area contributed by atoms with Gasteiger partial charge in [0.25, 0.3) is 5.56 Å². The maximum atomic E-state index is 14.3. The van der Waals surface area contributed by atoms with Crippen LogP contribution in [0.5, 0.6) is 0 Å². The Morgan fingerprint density at radius 2 is 2.06 bits per heavy atom. The van der Waals surface area contributed by atoms with Crippen molar-refractivity contribution in [2.45, 2.75) is 17.5 Å². The summed E-state index contributed by atoms with van der Waals surface area (Å²) in [7, 11) is -3.64. The standard InChI is InChI=1S/C21H20ClFN4O3S/c1-31(29,30)21-26-9-6-17(27-21)14-5-8-25-20(28)19(14)18(13-4-7-24-11-13)12-2-3-15(22)16(23)10-12/h2-3,5-6,8-10,13,18,24H,4,7,11H2,1H3,(H,25,28)/t13?,18-/m0/s1. The Kier molecular flexibility index (Phi) is 5.92. The molecule has 2 atom stereocenters. The molecular formula is C21H20ClFN4O3S. The van der Waals surface area contributed by atoms with Crippen molar-refractivity contribution in [1.82, 2.24) is 20.3 Å². The number of halogens is 2. The molecule has 0 aliphatic carbocycles. The molecule has 0 bridgehead atoms. The molecule has 1 unspecified atom stereocenters. The molecule has 2 aromatic heterocycles. The van der Waals surface area contributed by atoms with Crippen LogP contribution in [0, 0.1) is 11.7 Å². The Morgan fingerprint density at radius 3 is 2.74 bits per heavy atom. The van der Waals surface area contributed by atoms with Gasteiger partial charge in [-0.1, -0.05) is 17.7 Å². The van der Waals surface area contributed by atoms with Gasteiger partial charge in [0.1, 0.15) is 5.82 Å². The second-order valence-corrected chi connectivity index (χ2v) is 9.85. The minimum atomic E-state index is -3.64. The van der Waals surface area contributed by atoms with Gasteiger partial charge in [0.05, 0.1) is 10.7 Å². The third-order valence-corrected chi connectivity index (χ3v) is 6.59. The molecule has 1 aromatic carbocycles. The number of hydrogen-bond donors (Lipinski definition) is 2. The third-order valence-electron chi connectivity index (χ3n) is 5.42. The van der Waals surface area contributed by atoms with Crippen LogP contribution in [0.4, 0.5) is 4.39 Å². The molecule has 31 heavy (non-hydrogen) atoms. The van der Waals surface area contributed by atoms with Gasteiger partial charge in [-0.15, -0.1) is 0 Å². The molecule has 0 amide bonds. The van der Waals surface area contributed by atoms with E-state index in [2.05, 4.69) is 20.3 Å². The van der Waals surface area contributed by atoms with Crippen LogP contribution in [0.15, 0.2) is 52.7 Å². The van der Waals surface area contributed by atoms with Gasteiger partial charge in [-0.3, -0.25) is 4.79 Å². The minimum Gasteiger partial charge on any atom is -0.329 e. The zero-order valence-electron chi connectivity index (χ0n) is 16.6. The lowest BCUT2D eigenvalue weighted by atomic mass is 9.78. The summed E-state index contributed by atoms with van der Waals surface area (Å²) in [5.41, 5.74) is 1.46. The first-order valence-corrected chi connectivity index (χ1v) is 11.9. The summed E-state index contributed by atoms with van der Waals surface area (Å²) >= 11 is 5.88. The SMILES string of the molecule is CS(=O)(=O)c1nccc(-c2cc[nH]c(=O)c2[C@@H](c2ccc(Cl)c(F)c2)C2CCNC2)n1. The first kappa shape index (κ1) is 21.6. The molecule has 3 heterocycles. The van der Waals surface area contributed by atoms with Gasteiger partial charge in [-0.05, 0) is 55.3 Å². The number of pyridine rings is 1. The second kappa shape index (κ2) is 8.49. The van der Waals surface area contributed by atoms with E-state index in [0.29, 0.717) is 28.9 Å². The molecule has 0 spiro atoms. The van der Waals surface area contributed by atoms with Crippen molar-refractivity contribution in [2.24, 2.45) is 5.92 Å². The molecule has 1 aliphatic heterocycles. The van der Waals surface area contributed by atoms with E-state index < -0.39 is 21.6 Å². The van der Waals surface area contributed by atoms with Gasteiger partial charge in [-0.2, -0.15) is 0 Å². The number of rotatable bonds is 5. The monoisotopic (exact) mass is 462 g/mol. The Morgan fingerprint density at radius 1 is 1.26 bits per heavy atom. The van der Waals surface area contributed by atoms with Crippen molar-refractivity contribution in [3.8, 4) is 11.3 Å². The predicted molar refractivity (Wildman–Crippen MR) is 115 cm³/mol. The fraction of sp³-hybridized carbons (Fsp3) is 0.286. The highest BCUT2D eigenvalue weighted by molar-refractivity contribution is 7.90. The van der Waals surface area contributed by atoms with E-state index in [-0.39, 0.29) is 21.7 Å².